The number of nitrogens with one attached hydrogen (secondary N) is 1. The number of aromatic nitrogens is 1. The Hall–Kier alpha value is -1.02. The number of nitrogens with zero attached hydrogens (tertiary/aromatic N) is 1. The highest BCUT2D eigenvalue weighted by atomic mass is 79.9. The van der Waals surface area contributed by atoms with Gasteiger partial charge in [-0.2, -0.15) is 0 Å². The zero-order chi connectivity index (χ0) is 17.4. The van der Waals surface area contributed by atoms with Gasteiger partial charge in [-0.1, -0.05) is 23.8 Å². The van der Waals surface area contributed by atoms with Gasteiger partial charge in [0.25, 0.3) is 5.91 Å². The first kappa shape index (κ1) is 17.8. The van der Waals surface area contributed by atoms with Crippen LogP contribution >= 0.6 is 54.5 Å². The molecule has 2 aromatic heterocycles. The maximum Gasteiger partial charge on any atom is 0.267 e. The average Bonchev–Trinajstić information content (AvgIpc) is 3.02. The first-order valence-electron chi connectivity index (χ1n) is 7.16. The quantitative estimate of drug-likeness (QED) is 0.455. The van der Waals surface area contributed by atoms with Crippen LogP contribution in [0.2, 0.25) is 0 Å². The lowest BCUT2D eigenvalue weighted by Crippen LogP contribution is -2.09. The maximum absolute atomic E-state index is 12.4. The lowest BCUT2D eigenvalue weighted by molar-refractivity contribution is 0.103. The molecular weight excluding hydrogens is 472 g/mol. The summed E-state index contributed by atoms with van der Waals surface area (Å²) in [6, 6.07) is 8.12. The molecule has 2 heterocycles. The molecule has 0 atom stereocenters. The summed E-state index contributed by atoms with van der Waals surface area (Å²) in [5, 5.41) is 3.52. The SMILES string of the molecule is Cc1ccc(-c2nc(NC(=O)c3cc(Br)c(Br)s3)sc2C)c(C)c1. The smallest absolute Gasteiger partial charge is 0.267 e. The molecule has 0 spiro atoms. The third-order valence-corrected chi connectivity index (χ3v) is 7.66. The van der Waals surface area contributed by atoms with E-state index in [1.165, 1.54) is 33.8 Å². The van der Waals surface area contributed by atoms with E-state index in [4.69, 9.17) is 0 Å². The van der Waals surface area contributed by atoms with Gasteiger partial charge in [-0.05, 0) is 64.3 Å². The monoisotopic (exact) mass is 484 g/mol. The summed E-state index contributed by atoms with van der Waals surface area (Å²) < 4.78 is 1.78. The zero-order valence-electron chi connectivity index (χ0n) is 13.2. The van der Waals surface area contributed by atoms with Crippen LogP contribution in [0.15, 0.2) is 32.5 Å². The molecule has 3 rings (SSSR count). The van der Waals surface area contributed by atoms with Crippen molar-refractivity contribution in [1.82, 2.24) is 4.98 Å². The van der Waals surface area contributed by atoms with Gasteiger partial charge in [0.1, 0.15) is 0 Å². The first-order valence-corrected chi connectivity index (χ1v) is 10.4. The van der Waals surface area contributed by atoms with Crippen molar-refractivity contribution >= 4 is 65.6 Å². The fourth-order valence-corrected chi connectivity index (χ4v) is 5.15. The molecule has 3 aromatic rings. The van der Waals surface area contributed by atoms with E-state index in [0.29, 0.717) is 10.0 Å². The Bertz CT molecular complexity index is 911. The Morgan fingerprint density at radius 1 is 1.12 bits per heavy atom. The maximum atomic E-state index is 12.4. The molecule has 0 unspecified atom stereocenters. The molecule has 3 nitrogen and oxygen atoms in total. The van der Waals surface area contributed by atoms with Gasteiger partial charge in [-0.3, -0.25) is 10.1 Å². The molecule has 1 N–H and O–H groups in total. The van der Waals surface area contributed by atoms with E-state index in [1.54, 1.807) is 6.07 Å². The van der Waals surface area contributed by atoms with Gasteiger partial charge in [0.05, 0.1) is 14.4 Å². The number of anilines is 1. The highest BCUT2D eigenvalue weighted by Crippen LogP contribution is 2.35. The van der Waals surface area contributed by atoms with Crippen molar-refractivity contribution in [2.24, 2.45) is 0 Å². The van der Waals surface area contributed by atoms with Gasteiger partial charge >= 0.3 is 0 Å². The van der Waals surface area contributed by atoms with Gasteiger partial charge in [0.15, 0.2) is 5.13 Å². The topological polar surface area (TPSA) is 42.0 Å². The molecule has 0 bridgehead atoms. The zero-order valence-corrected chi connectivity index (χ0v) is 18.0. The van der Waals surface area contributed by atoms with E-state index in [0.717, 1.165) is 24.4 Å². The second kappa shape index (κ2) is 7.07. The number of halogens is 2. The van der Waals surface area contributed by atoms with Crippen molar-refractivity contribution in [2.45, 2.75) is 20.8 Å². The minimum Gasteiger partial charge on any atom is -0.297 e. The number of benzene rings is 1. The summed E-state index contributed by atoms with van der Waals surface area (Å²) in [5.41, 5.74) is 4.46. The number of rotatable bonds is 3. The molecule has 0 saturated carbocycles. The molecule has 0 aliphatic heterocycles. The van der Waals surface area contributed by atoms with Crippen LogP contribution in [0, 0.1) is 20.8 Å². The molecule has 0 aliphatic rings. The number of aryl methyl sites for hydroxylation is 3. The van der Waals surface area contributed by atoms with Crippen LogP contribution in [0.25, 0.3) is 11.3 Å². The van der Waals surface area contributed by atoms with Crippen molar-refractivity contribution in [1.29, 1.82) is 0 Å². The summed E-state index contributed by atoms with van der Waals surface area (Å²) in [7, 11) is 0. The van der Waals surface area contributed by atoms with E-state index in [1.807, 2.05) is 6.92 Å². The standard InChI is InChI=1S/C17H14Br2N2OS2/c1-8-4-5-11(9(2)6-8)14-10(3)23-17(20-14)21-16(22)13-7-12(18)15(19)24-13/h4-7H,1-3H3,(H,20,21,22). The number of thiazole rings is 1. The number of amides is 1. The van der Waals surface area contributed by atoms with E-state index >= 15 is 0 Å². The summed E-state index contributed by atoms with van der Waals surface area (Å²) >= 11 is 9.69. The highest BCUT2D eigenvalue weighted by molar-refractivity contribution is 9.13. The summed E-state index contributed by atoms with van der Waals surface area (Å²) in [6.07, 6.45) is 0. The lowest BCUT2D eigenvalue weighted by atomic mass is 10.0. The van der Waals surface area contributed by atoms with Crippen LogP contribution in [0.4, 0.5) is 5.13 Å². The van der Waals surface area contributed by atoms with Crippen LogP contribution in [0.5, 0.6) is 0 Å². The second-order valence-corrected chi connectivity index (χ2v) is 9.86. The molecule has 7 heteroatoms. The molecule has 1 aromatic carbocycles. The molecule has 1 amide bonds. The van der Waals surface area contributed by atoms with Crippen LogP contribution in [-0.2, 0) is 0 Å². The number of thiophene rings is 1. The minimum absolute atomic E-state index is 0.146. The molecule has 24 heavy (non-hydrogen) atoms. The van der Waals surface area contributed by atoms with Crippen molar-refractivity contribution in [3.63, 3.8) is 0 Å². The number of hydrogen-bond donors (Lipinski definition) is 1. The minimum atomic E-state index is -0.146. The molecule has 124 valence electrons. The largest absolute Gasteiger partial charge is 0.297 e. The van der Waals surface area contributed by atoms with E-state index in [2.05, 4.69) is 74.2 Å². The van der Waals surface area contributed by atoms with Crippen LogP contribution < -0.4 is 5.32 Å². The van der Waals surface area contributed by atoms with Crippen molar-refractivity contribution in [2.75, 3.05) is 5.32 Å². The Balaban J connectivity index is 1.87. The van der Waals surface area contributed by atoms with Gasteiger partial charge in [0.2, 0.25) is 0 Å². The fraction of sp³-hybridized carbons (Fsp3) is 0.176. The number of carbonyl (C=O) groups excluding carboxylic acids is 1. The third kappa shape index (κ3) is 3.64. The van der Waals surface area contributed by atoms with E-state index < -0.39 is 0 Å². The summed E-state index contributed by atoms with van der Waals surface area (Å²) in [5.74, 6) is -0.146. The number of carbonyl (C=O) groups is 1. The van der Waals surface area contributed by atoms with Crippen molar-refractivity contribution in [3.8, 4) is 11.3 Å². The Labute approximate surface area is 165 Å². The predicted octanol–water partition coefficient (Wildman–Crippen LogP) is 6.57. The summed E-state index contributed by atoms with van der Waals surface area (Å²) in [6.45, 7) is 6.19. The van der Waals surface area contributed by atoms with Gasteiger partial charge in [-0.15, -0.1) is 22.7 Å². The average molecular weight is 486 g/mol. The first-order chi connectivity index (χ1) is 11.3. The molecule has 0 fully saturated rings. The molecule has 0 aliphatic carbocycles. The molecule has 0 radical (unpaired) electrons. The Morgan fingerprint density at radius 3 is 2.50 bits per heavy atom. The van der Waals surface area contributed by atoms with Crippen LogP contribution in [0.1, 0.15) is 25.7 Å². The Kier molecular flexibility index (Phi) is 5.24. The Morgan fingerprint density at radius 2 is 1.88 bits per heavy atom. The second-order valence-electron chi connectivity index (χ2n) is 5.43. The lowest BCUT2D eigenvalue weighted by Gasteiger charge is -2.05. The molecular formula is C17H14Br2N2OS2. The highest BCUT2D eigenvalue weighted by Gasteiger charge is 2.16. The van der Waals surface area contributed by atoms with E-state index in [-0.39, 0.29) is 5.91 Å². The normalized spacial score (nSPS) is 10.9. The van der Waals surface area contributed by atoms with E-state index in [9.17, 15) is 4.79 Å². The van der Waals surface area contributed by atoms with Crippen molar-refractivity contribution in [3.05, 3.63) is 53.4 Å². The van der Waals surface area contributed by atoms with Crippen molar-refractivity contribution < 1.29 is 4.79 Å². The molecule has 0 saturated heterocycles. The summed E-state index contributed by atoms with van der Waals surface area (Å²) in [4.78, 5) is 18.7. The van der Waals surface area contributed by atoms with Crippen LogP contribution in [0.3, 0.4) is 0 Å². The predicted molar refractivity (Wildman–Crippen MR) is 109 cm³/mol. The van der Waals surface area contributed by atoms with Gasteiger partial charge < -0.3 is 0 Å². The fourth-order valence-electron chi connectivity index (χ4n) is 2.40. The third-order valence-electron chi connectivity index (χ3n) is 3.52. The van der Waals surface area contributed by atoms with Crippen LogP contribution in [-0.4, -0.2) is 10.9 Å². The number of hydrogen-bond acceptors (Lipinski definition) is 4. The van der Waals surface area contributed by atoms with Gasteiger partial charge in [-0.25, -0.2) is 4.98 Å². The van der Waals surface area contributed by atoms with Gasteiger partial charge in [0, 0.05) is 14.9 Å².